The normalized spacial score (nSPS) is 16.5. The van der Waals surface area contributed by atoms with E-state index in [9.17, 15) is 4.79 Å². The van der Waals surface area contributed by atoms with Crippen molar-refractivity contribution in [1.82, 2.24) is 9.80 Å². The molecule has 1 aromatic rings. The molecule has 1 heterocycles. The molecule has 4 nitrogen and oxygen atoms in total. The molecule has 0 spiro atoms. The van der Waals surface area contributed by atoms with Crippen LogP contribution < -0.4 is 5.73 Å². The van der Waals surface area contributed by atoms with Gasteiger partial charge in [0.05, 0.1) is 5.56 Å². The quantitative estimate of drug-likeness (QED) is 0.867. The van der Waals surface area contributed by atoms with Crippen molar-refractivity contribution in [2.45, 2.75) is 39.7 Å². The predicted octanol–water partition coefficient (Wildman–Crippen LogP) is 2.52. The maximum Gasteiger partial charge on any atom is 0.256 e. The van der Waals surface area contributed by atoms with E-state index in [1.165, 1.54) is 0 Å². The van der Waals surface area contributed by atoms with Gasteiger partial charge in [-0.1, -0.05) is 26.0 Å². The molecule has 0 unspecified atom stereocenters. The fourth-order valence-corrected chi connectivity index (χ4v) is 3.31. The Bertz CT molecular complexity index is 469. The first kappa shape index (κ1) is 15.8. The van der Waals surface area contributed by atoms with Gasteiger partial charge in [-0.15, -0.1) is 0 Å². The Labute approximate surface area is 127 Å². The highest BCUT2D eigenvalue weighted by atomic mass is 16.2. The van der Waals surface area contributed by atoms with Crippen molar-refractivity contribution in [3.63, 3.8) is 0 Å². The van der Waals surface area contributed by atoms with Gasteiger partial charge in [-0.05, 0) is 44.5 Å². The molecule has 4 heteroatoms. The van der Waals surface area contributed by atoms with Gasteiger partial charge < -0.3 is 15.5 Å². The molecule has 0 bridgehead atoms. The van der Waals surface area contributed by atoms with Gasteiger partial charge >= 0.3 is 0 Å². The number of hydrogen-bond acceptors (Lipinski definition) is 3. The molecule has 2 rings (SSSR count). The van der Waals surface area contributed by atoms with Crippen LogP contribution in [0.2, 0.25) is 0 Å². The second-order valence-electron chi connectivity index (χ2n) is 5.78. The average Bonchev–Trinajstić information content (AvgIpc) is 2.49. The third kappa shape index (κ3) is 3.38. The van der Waals surface area contributed by atoms with Crippen molar-refractivity contribution in [2.24, 2.45) is 0 Å². The first-order valence-electron chi connectivity index (χ1n) is 7.96. The summed E-state index contributed by atoms with van der Waals surface area (Å²) in [5, 5.41) is 0. The third-order valence-corrected chi connectivity index (χ3v) is 4.60. The second kappa shape index (κ2) is 6.94. The van der Waals surface area contributed by atoms with E-state index in [2.05, 4.69) is 18.7 Å². The molecule has 1 aliphatic rings. The lowest BCUT2D eigenvalue weighted by Crippen LogP contribution is -2.46. The summed E-state index contributed by atoms with van der Waals surface area (Å²) in [6, 6.07) is 6.27. The van der Waals surface area contributed by atoms with Gasteiger partial charge in [0.25, 0.3) is 5.91 Å². The Morgan fingerprint density at radius 2 is 1.90 bits per heavy atom. The van der Waals surface area contributed by atoms with Crippen molar-refractivity contribution < 1.29 is 4.79 Å². The zero-order valence-corrected chi connectivity index (χ0v) is 13.4. The predicted molar refractivity (Wildman–Crippen MR) is 87.4 cm³/mol. The number of piperidine rings is 1. The summed E-state index contributed by atoms with van der Waals surface area (Å²) in [5.74, 6) is 0.0867. The zero-order valence-electron chi connectivity index (χ0n) is 13.4. The molecule has 1 amide bonds. The Kier molecular flexibility index (Phi) is 5.23. The lowest BCUT2D eigenvalue weighted by molar-refractivity contribution is 0.0632. The second-order valence-corrected chi connectivity index (χ2v) is 5.78. The monoisotopic (exact) mass is 289 g/mol. The number of benzene rings is 1. The summed E-state index contributed by atoms with van der Waals surface area (Å²) in [7, 11) is 0. The van der Waals surface area contributed by atoms with Gasteiger partial charge in [-0.25, -0.2) is 0 Å². The fourth-order valence-electron chi connectivity index (χ4n) is 3.31. The molecule has 0 radical (unpaired) electrons. The van der Waals surface area contributed by atoms with Gasteiger partial charge in [-0.3, -0.25) is 4.79 Å². The standard InChI is InChI=1S/C17H27N3O/c1-4-19(5-2)14-9-11-20(12-10-14)17(21)16-13(3)7-6-8-15(16)18/h6-8,14H,4-5,9-12,18H2,1-3H3. The smallest absolute Gasteiger partial charge is 0.256 e. The van der Waals surface area contributed by atoms with Crippen LogP contribution in [0.25, 0.3) is 0 Å². The number of rotatable bonds is 4. The number of nitrogens with zero attached hydrogens (tertiary/aromatic N) is 2. The van der Waals surface area contributed by atoms with Crippen LogP contribution in [0, 0.1) is 6.92 Å². The average molecular weight is 289 g/mol. The van der Waals surface area contributed by atoms with E-state index in [1.54, 1.807) is 0 Å². The highest BCUT2D eigenvalue weighted by molar-refractivity contribution is 6.00. The maximum atomic E-state index is 12.7. The summed E-state index contributed by atoms with van der Waals surface area (Å²) >= 11 is 0. The first-order valence-corrected chi connectivity index (χ1v) is 7.96. The van der Waals surface area contributed by atoms with Crippen LogP contribution in [0.15, 0.2) is 18.2 Å². The number of anilines is 1. The Morgan fingerprint density at radius 3 is 2.43 bits per heavy atom. The van der Waals surface area contributed by atoms with Crippen LogP contribution in [-0.4, -0.2) is 47.9 Å². The third-order valence-electron chi connectivity index (χ3n) is 4.60. The number of likely N-dealkylation sites (tertiary alicyclic amines) is 1. The number of carbonyl (C=O) groups excluding carboxylic acids is 1. The molecule has 0 aliphatic carbocycles. The van der Waals surface area contributed by atoms with Gasteiger partial charge in [0.2, 0.25) is 0 Å². The number of nitrogen functional groups attached to an aromatic ring is 1. The number of carbonyl (C=O) groups is 1. The Balaban J connectivity index is 2.04. The summed E-state index contributed by atoms with van der Waals surface area (Å²) in [5.41, 5.74) is 8.22. The maximum absolute atomic E-state index is 12.7. The van der Waals surface area contributed by atoms with Crippen molar-refractivity contribution in [2.75, 3.05) is 31.9 Å². The molecule has 1 saturated heterocycles. The summed E-state index contributed by atoms with van der Waals surface area (Å²) in [4.78, 5) is 17.1. The number of hydrogen-bond donors (Lipinski definition) is 1. The molecule has 2 N–H and O–H groups in total. The molecule has 0 aromatic heterocycles. The molecular formula is C17H27N3O. The van der Waals surface area contributed by atoms with E-state index < -0.39 is 0 Å². The Morgan fingerprint density at radius 1 is 1.29 bits per heavy atom. The van der Waals surface area contributed by atoms with Gasteiger partial charge in [0.1, 0.15) is 0 Å². The number of amides is 1. The van der Waals surface area contributed by atoms with Crippen molar-refractivity contribution >= 4 is 11.6 Å². The molecule has 1 aromatic carbocycles. The van der Waals surface area contributed by atoms with E-state index >= 15 is 0 Å². The van der Waals surface area contributed by atoms with Crippen LogP contribution in [-0.2, 0) is 0 Å². The van der Waals surface area contributed by atoms with E-state index in [-0.39, 0.29) is 5.91 Å². The van der Waals surface area contributed by atoms with E-state index in [4.69, 9.17) is 5.73 Å². The minimum absolute atomic E-state index is 0.0867. The van der Waals surface area contributed by atoms with Crippen molar-refractivity contribution in [3.05, 3.63) is 29.3 Å². The van der Waals surface area contributed by atoms with E-state index in [0.717, 1.165) is 44.6 Å². The van der Waals surface area contributed by atoms with Crippen LogP contribution in [0.5, 0.6) is 0 Å². The van der Waals surface area contributed by atoms with Crippen LogP contribution in [0.1, 0.15) is 42.6 Å². The minimum atomic E-state index is 0.0867. The SMILES string of the molecule is CCN(CC)C1CCN(C(=O)c2c(C)cccc2N)CC1. The lowest BCUT2D eigenvalue weighted by atomic mass is 10.00. The van der Waals surface area contributed by atoms with Crippen LogP contribution in [0.3, 0.4) is 0 Å². The summed E-state index contributed by atoms with van der Waals surface area (Å²) in [6.07, 6.45) is 2.11. The first-order chi connectivity index (χ1) is 10.1. The van der Waals surface area contributed by atoms with Crippen LogP contribution in [0.4, 0.5) is 5.69 Å². The van der Waals surface area contributed by atoms with E-state index in [1.807, 2.05) is 30.0 Å². The Hall–Kier alpha value is -1.55. The highest BCUT2D eigenvalue weighted by Gasteiger charge is 2.27. The number of nitrogens with two attached hydrogens (primary N) is 1. The summed E-state index contributed by atoms with van der Waals surface area (Å²) in [6.45, 7) is 10.2. The van der Waals surface area contributed by atoms with Gasteiger partial charge in [0, 0.05) is 24.8 Å². The van der Waals surface area contributed by atoms with Crippen molar-refractivity contribution in [1.29, 1.82) is 0 Å². The van der Waals surface area contributed by atoms with Crippen LogP contribution >= 0.6 is 0 Å². The molecule has 1 aliphatic heterocycles. The number of aryl methyl sites for hydroxylation is 1. The molecule has 0 saturated carbocycles. The zero-order chi connectivity index (χ0) is 15.4. The van der Waals surface area contributed by atoms with Crippen molar-refractivity contribution in [3.8, 4) is 0 Å². The highest BCUT2D eigenvalue weighted by Crippen LogP contribution is 2.22. The minimum Gasteiger partial charge on any atom is -0.398 e. The topological polar surface area (TPSA) is 49.6 Å². The molecule has 0 atom stereocenters. The van der Waals surface area contributed by atoms with E-state index in [0.29, 0.717) is 17.3 Å². The fraction of sp³-hybridized carbons (Fsp3) is 0.588. The van der Waals surface area contributed by atoms with Gasteiger partial charge in [0.15, 0.2) is 0 Å². The molecule has 21 heavy (non-hydrogen) atoms. The largest absolute Gasteiger partial charge is 0.398 e. The van der Waals surface area contributed by atoms with Gasteiger partial charge in [-0.2, -0.15) is 0 Å². The molecule has 1 fully saturated rings. The summed E-state index contributed by atoms with van der Waals surface area (Å²) < 4.78 is 0. The molecular weight excluding hydrogens is 262 g/mol. The molecule has 116 valence electrons. The lowest BCUT2D eigenvalue weighted by Gasteiger charge is -2.38.